The molecule has 1 fully saturated rings. The number of aliphatic hydroxyl groups excluding tert-OH is 1. The summed E-state index contributed by atoms with van der Waals surface area (Å²) in [7, 11) is 0. The van der Waals surface area contributed by atoms with Gasteiger partial charge in [0.15, 0.2) is 0 Å². The van der Waals surface area contributed by atoms with Crippen molar-refractivity contribution in [3.05, 3.63) is 40.2 Å². The number of nitrogens with one attached hydrogen (secondary N) is 1. The van der Waals surface area contributed by atoms with E-state index in [4.69, 9.17) is 9.47 Å². The molecule has 0 unspecified atom stereocenters. The van der Waals surface area contributed by atoms with E-state index in [1.54, 1.807) is 17.0 Å². The van der Waals surface area contributed by atoms with Crippen LogP contribution in [0.25, 0.3) is 10.9 Å². The monoisotopic (exact) mass is 375 g/mol. The van der Waals surface area contributed by atoms with E-state index < -0.39 is 0 Å². The molecule has 3 rings (SSSR count). The van der Waals surface area contributed by atoms with Crippen molar-refractivity contribution >= 4 is 16.9 Å². The molecule has 27 heavy (non-hydrogen) atoms. The highest BCUT2D eigenvalue weighted by molar-refractivity contribution is 5.81. The van der Waals surface area contributed by atoms with Gasteiger partial charge in [-0.15, -0.1) is 0 Å². The summed E-state index contributed by atoms with van der Waals surface area (Å²) >= 11 is 0. The minimum atomic E-state index is -0.246. The lowest BCUT2D eigenvalue weighted by molar-refractivity contribution is 0.0410. The Morgan fingerprint density at radius 1 is 1.33 bits per heavy atom. The summed E-state index contributed by atoms with van der Waals surface area (Å²) in [4.78, 5) is 31.2. The van der Waals surface area contributed by atoms with Gasteiger partial charge in [0, 0.05) is 36.1 Å². The number of aliphatic hydroxyl groups is 1. The highest BCUT2D eigenvalue weighted by Crippen LogP contribution is 2.20. The lowest BCUT2D eigenvalue weighted by Gasteiger charge is -2.32. The van der Waals surface area contributed by atoms with Gasteiger partial charge in [-0.2, -0.15) is 0 Å². The molecule has 1 aliphatic heterocycles. The van der Waals surface area contributed by atoms with Crippen molar-refractivity contribution in [2.24, 2.45) is 0 Å². The smallest absolute Gasteiger partial charge is 0.320 e. The Kier molecular flexibility index (Phi) is 6.31. The van der Waals surface area contributed by atoms with Crippen LogP contribution in [0.3, 0.4) is 0 Å². The van der Waals surface area contributed by atoms with Gasteiger partial charge in [-0.3, -0.25) is 4.79 Å². The number of H-pyrrole nitrogens is 1. The van der Waals surface area contributed by atoms with E-state index in [1.807, 2.05) is 19.1 Å². The van der Waals surface area contributed by atoms with Crippen molar-refractivity contribution in [1.82, 2.24) is 14.8 Å². The third kappa shape index (κ3) is 4.58. The van der Waals surface area contributed by atoms with Crippen LogP contribution in [0.2, 0.25) is 0 Å². The number of aromatic nitrogens is 1. The van der Waals surface area contributed by atoms with E-state index in [1.165, 1.54) is 4.90 Å². The molecule has 1 aromatic heterocycles. The first kappa shape index (κ1) is 19.2. The Morgan fingerprint density at radius 2 is 2.11 bits per heavy atom. The number of benzene rings is 1. The number of rotatable bonds is 6. The first-order chi connectivity index (χ1) is 13.1. The molecular weight excluding hydrogens is 350 g/mol. The predicted octanol–water partition coefficient (Wildman–Crippen LogP) is 1.17. The second kappa shape index (κ2) is 8.88. The molecule has 8 nitrogen and oxygen atoms in total. The molecule has 0 saturated carbocycles. The molecule has 0 aliphatic carbocycles. The maximum atomic E-state index is 12.8. The van der Waals surface area contributed by atoms with Crippen LogP contribution in [0.4, 0.5) is 4.79 Å². The summed E-state index contributed by atoms with van der Waals surface area (Å²) in [5, 5.41) is 10.2. The van der Waals surface area contributed by atoms with Crippen LogP contribution in [-0.2, 0) is 11.3 Å². The molecule has 1 saturated heterocycles. The summed E-state index contributed by atoms with van der Waals surface area (Å²) in [6.45, 7) is 4.58. The molecule has 146 valence electrons. The molecule has 1 aliphatic rings. The SMILES string of the molecule is CCOc1ccc2[nH]c(=O)c(CN(CCO)C(=O)N3CCOCC3)cc2c1. The van der Waals surface area contributed by atoms with Crippen LogP contribution < -0.4 is 10.3 Å². The molecule has 2 heterocycles. The van der Waals surface area contributed by atoms with Crippen LogP contribution in [-0.4, -0.2) is 72.0 Å². The van der Waals surface area contributed by atoms with E-state index >= 15 is 0 Å². The number of amides is 2. The molecule has 8 heteroatoms. The zero-order chi connectivity index (χ0) is 19.2. The van der Waals surface area contributed by atoms with Crippen molar-refractivity contribution in [3.8, 4) is 5.75 Å². The van der Waals surface area contributed by atoms with Gasteiger partial charge in [-0.05, 0) is 31.2 Å². The number of carbonyl (C=O) groups is 1. The van der Waals surface area contributed by atoms with Gasteiger partial charge in [-0.25, -0.2) is 4.79 Å². The Bertz CT molecular complexity index is 845. The standard InChI is InChI=1S/C19H25N3O5/c1-2-27-16-3-4-17-14(12-16)11-15(18(24)20-17)13-22(5-8-23)19(25)21-6-9-26-10-7-21/h3-4,11-12,23H,2,5-10,13H2,1H3,(H,20,24). The van der Waals surface area contributed by atoms with Gasteiger partial charge >= 0.3 is 6.03 Å². The van der Waals surface area contributed by atoms with Crippen molar-refractivity contribution in [2.45, 2.75) is 13.5 Å². The van der Waals surface area contributed by atoms with E-state index in [-0.39, 0.29) is 31.3 Å². The number of fused-ring (bicyclic) bond motifs is 1. The number of urea groups is 1. The van der Waals surface area contributed by atoms with Gasteiger partial charge in [-0.1, -0.05) is 0 Å². The van der Waals surface area contributed by atoms with E-state index in [0.717, 1.165) is 11.1 Å². The Balaban J connectivity index is 1.85. The van der Waals surface area contributed by atoms with Crippen molar-refractivity contribution < 1.29 is 19.4 Å². The van der Waals surface area contributed by atoms with Gasteiger partial charge in [0.1, 0.15) is 5.75 Å². The first-order valence-electron chi connectivity index (χ1n) is 9.13. The van der Waals surface area contributed by atoms with Crippen molar-refractivity contribution in [2.75, 3.05) is 46.1 Å². The first-order valence-corrected chi connectivity index (χ1v) is 9.13. The van der Waals surface area contributed by atoms with E-state index in [9.17, 15) is 14.7 Å². The molecule has 1 aromatic carbocycles. The predicted molar refractivity (Wildman–Crippen MR) is 101 cm³/mol. The number of carbonyl (C=O) groups excluding carboxylic acids is 1. The van der Waals surface area contributed by atoms with Gasteiger partial charge in [0.25, 0.3) is 5.56 Å². The lowest BCUT2D eigenvalue weighted by atomic mass is 10.1. The zero-order valence-electron chi connectivity index (χ0n) is 15.4. The van der Waals surface area contributed by atoms with Crippen molar-refractivity contribution in [3.63, 3.8) is 0 Å². The van der Waals surface area contributed by atoms with Gasteiger partial charge in [0.2, 0.25) is 0 Å². The van der Waals surface area contributed by atoms with Crippen LogP contribution in [0.1, 0.15) is 12.5 Å². The van der Waals surface area contributed by atoms with Crippen LogP contribution >= 0.6 is 0 Å². The lowest BCUT2D eigenvalue weighted by Crippen LogP contribution is -2.49. The molecule has 0 radical (unpaired) electrons. The molecule has 0 atom stereocenters. The Labute approximate surface area is 157 Å². The largest absolute Gasteiger partial charge is 0.494 e. The fourth-order valence-corrected chi connectivity index (χ4v) is 3.13. The van der Waals surface area contributed by atoms with E-state index in [2.05, 4.69) is 4.98 Å². The quantitative estimate of drug-likeness (QED) is 0.790. The number of nitrogens with zero attached hydrogens (tertiary/aromatic N) is 2. The molecule has 0 spiro atoms. The minimum Gasteiger partial charge on any atom is -0.494 e. The Morgan fingerprint density at radius 3 is 2.81 bits per heavy atom. The van der Waals surface area contributed by atoms with Crippen LogP contribution in [0.5, 0.6) is 5.75 Å². The summed E-state index contributed by atoms with van der Waals surface area (Å²) in [5.74, 6) is 0.722. The fourth-order valence-electron chi connectivity index (χ4n) is 3.13. The van der Waals surface area contributed by atoms with Crippen molar-refractivity contribution in [1.29, 1.82) is 0 Å². The molecule has 0 bridgehead atoms. The number of pyridine rings is 1. The second-order valence-corrected chi connectivity index (χ2v) is 6.33. The topological polar surface area (TPSA) is 95.1 Å². The average Bonchev–Trinajstić information content (AvgIpc) is 2.68. The third-order valence-corrected chi connectivity index (χ3v) is 4.49. The summed E-state index contributed by atoms with van der Waals surface area (Å²) < 4.78 is 10.8. The molecule has 2 amide bonds. The molecule has 2 N–H and O–H groups in total. The normalized spacial score (nSPS) is 14.4. The number of hydrogen-bond donors (Lipinski definition) is 2. The second-order valence-electron chi connectivity index (χ2n) is 6.33. The van der Waals surface area contributed by atoms with E-state index in [0.29, 0.717) is 44.0 Å². The van der Waals surface area contributed by atoms with Gasteiger partial charge < -0.3 is 29.4 Å². The van der Waals surface area contributed by atoms with Gasteiger partial charge in [0.05, 0.1) is 33.0 Å². The highest BCUT2D eigenvalue weighted by Gasteiger charge is 2.23. The Hall–Kier alpha value is -2.58. The number of morpholine rings is 1. The van der Waals surface area contributed by atoms with Crippen LogP contribution in [0.15, 0.2) is 29.1 Å². The summed E-state index contributed by atoms with van der Waals surface area (Å²) in [6, 6.07) is 7.04. The zero-order valence-corrected chi connectivity index (χ0v) is 15.4. The number of ether oxygens (including phenoxy) is 2. The maximum absolute atomic E-state index is 12.8. The summed E-state index contributed by atoms with van der Waals surface area (Å²) in [6.07, 6.45) is 0. The molecule has 2 aromatic rings. The minimum absolute atomic E-state index is 0.126. The third-order valence-electron chi connectivity index (χ3n) is 4.49. The maximum Gasteiger partial charge on any atom is 0.320 e. The number of aromatic amines is 1. The fraction of sp³-hybridized carbons (Fsp3) is 0.474. The van der Waals surface area contributed by atoms with Crippen LogP contribution in [0, 0.1) is 0 Å². The highest BCUT2D eigenvalue weighted by atomic mass is 16.5. The average molecular weight is 375 g/mol. The number of hydrogen-bond acceptors (Lipinski definition) is 5. The molecular formula is C19H25N3O5. The summed E-state index contributed by atoms with van der Waals surface area (Å²) in [5.41, 5.74) is 0.927.